The van der Waals surface area contributed by atoms with Gasteiger partial charge in [-0.1, -0.05) is 350 Å². The Bertz CT molecular complexity index is 1860. The van der Waals surface area contributed by atoms with Gasteiger partial charge in [0, 0.05) is 25.7 Å². The number of carbonyl (C=O) groups excluding carboxylic acids is 4. The summed E-state index contributed by atoms with van der Waals surface area (Å²) in [7, 11) is -9.91. The van der Waals surface area contributed by atoms with Gasteiger partial charge in [-0.05, 0) is 37.5 Å². The van der Waals surface area contributed by atoms with Crippen LogP contribution in [0.1, 0.15) is 401 Å². The minimum atomic E-state index is -4.96. The summed E-state index contributed by atoms with van der Waals surface area (Å²) in [5, 5.41) is 10.6. The van der Waals surface area contributed by atoms with E-state index in [1.54, 1.807) is 0 Å². The molecule has 0 amide bonds. The monoisotopic (exact) mass is 1410 g/mol. The summed E-state index contributed by atoms with van der Waals surface area (Å²) in [4.78, 5) is 72.8. The Morgan fingerprint density at radius 2 is 0.479 bits per heavy atom. The number of rotatable bonds is 76. The first-order valence-electron chi connectivity index (χ1n) is 40.0. The minimum absolute atomic E-state index is 0.107. The van der Waals surface area contributed by atoms with Crippen LogP contribution in [-0.2, 0) is 65.4 Å². The van der Waals surface area contributed by atoms with Crippen molar-refractivity contribution in [2.24, 2.45) is 11.8 Å². The molecule has 0 radical (unpaired) electrons. The fraction of sp³-hybridized carbons (Fsp3) is 0.948. The number of hydrogen-bond donors (Lipinski definition) is 3. The molecule has 0 spiro atoms. The lowest BCUT2D eigenvalue weighted by atomic mass is 10.0. The Morgan fingerprint density at radius 3 is 0.708 bits per heavy atom. The largest absolute Gasteiger partial charge is 0.472 e. The molecular weight excluding hydrogens is 1260 g/mol. The minimum Gasteiger partial charge on any atom is -0.462 e. The normalized spacial score (nSPS) is 14.0. The molecule has 2 unspecified atom stereocenters. The lowest BCUT2D eigenvalue weighted by Crippen LogP contribution is -2.30. The van der Waals surface area contributed by atoms with Crippen LogP contribution >= 0.6 is 15.6 Å². The van der Waals surface area contributed by atoms with Crippen LogP contribution in [0.4, 0.5) is 0 Å². The fourth-order valence-corrected chi connectivity index (χ4v) is 13.4. The van der Waals surface area contributed by atoms with Gasteiger partial charge in [0.2, 0.25) is 0 Å². The zero-order valence-electron chi connectivity index (χ0n) is 62.7. The molecule has 0 aromatic carbocycles. The lowest BCUT2D eigenvalue weighted by molar-refractivity contribution is -0.161. The summed E-state index contributed by atoms with van der Waals surface area (Å²) in [5.41, 5.74) is 0. The van der Waals surface area contributed by atoms with Crippen molar-refractivity contribution in [1.82, 2.24) is 0 Å². The number of aliphatic hydroxyl groups is 1. The smallest absolute Gasteiger partial charge is 0.462 e. The zero-order valence-corrected chi connectivity index (χ0v) is 64.5. The molecule has 5 atom stereocenters. The molecule has 0 bridgehead atoms. The highest BCUT2D eigenvalue weighted by Crippen LogP contribution is 2.45. The fourth-order valence-electron chi connectivity index (χ4n) is 11.8. The number of phosphoric acid groups is 2. The van der Waals surface area contributed by atoms with Crippen molar-refractivity contribution < 1.29 is 80.2 Å². The number of phosphoric ester groups is 2. The molecule has 0 fully saturated rings. The highest BCUT2D eigenvalue weighted by atomic mass is 31.2. The van der Waals surface area contributed by atoms with Gasteiger partial charge in [-0.3, -0.25) is 37.3 Å². The first-order chi connectivity index (χ1) is 46.4. The van der Waals surface area contributed by atoms with Crippen molar-refractivity contribution in [3.05, 3.63) is 0 Å². The Balaban J connectivity index is 5.22. The van der Waals surface area contributed by atoms with Crippen molar-refractivity contribution in [3.8, 4) is 0 Å². The lowest BCUT2D eigenvalue weighted by Gasteiger charge is -2.21. The molecule has 0 saturated heterocycles. The molecule has 3 N–H and O–H groups in total. The summed E-state index contributed by atoms with van der Waals surface area (Å²) in [6.45, 7) is 9.64. The van der Waals surface area contributed by atoms with Crippen molar-refractivity contribution in [1.29, 1.82) is 0 Å². The summed E-state index contributed by atoms with van der Waals surface area (Å²) < 4.78 is 68.5. The van der Waals surface area contributed by atoms with Gasteiger partial charge in [0.25, 0.3) is 0 Å². The number of hydrogen-bond acceptors (Lipinski definition) is 15. The van der Waals surface area contributed by atoms with Crippen molar-refractivity contribution in [2.45, 2.75) is 419 Å². The van der Waals surface area contributed by atoms with Gasteiger partial charge < -0.3 is 33.8 Å². The third-order valence-corrected chi connectivity index (χ3v) is 19.9. The standard InChI is InChI=1S/C77H150O17P2/c1-7-9-11-13-15-17-28-37-43-49-55-61-76(81)93-72(65-87-74(79)59-53-47-41-35-18-16-14-12-10-8-2)67-91-95(83,84)89-63-71(78)64-90-96(85,86)92-68-73(66-88-75(80)60-54-48-42-36-31-27-23-25-30-34-40-46-52-58-70(5)6)94-77(82)62-56-50-44-38-32-26-22-20-19-21-24-29-33-39-45-51-57-69(3)4/h69-73,78H,7-68H2,1-6H3,(H,83,84)(H,85,86)/t71-,72+,73+/m0/s1. The van der Waals surface area contributed by atoms with Crippen LogP contribution in [0.25, 0.3) is 0 Å². The Hall–Kier alpha value is -1.94. The predicted molar refractivity (Wildman–Crippen MR) is 391 cm³/mol. The first-order valence-corrected chi connectivity index (χ1v) is 43.0. The molecule has 570 valence electrons. The van der Waals surface area contributed by atoms with Crippen molar-refractivity contribution in [2.75, 3.05) is 39.6 Å². The van der Waals surface area contributed by atoms with Gasteiger partial charge in [-0.2, -0.15) is 0 Å². The van der Waals surface area contributed by atoms with Crippen LogP contribution in [0.2, 0.25) is 0 Å². The topological polar surface area (TPSA) is 237 Å². The van der Waals surface area contributed by atoms with E-state index in [4.69, 9.17) is 37.0 Å². The average Bonchev–Trinajstić information content (AvgIpc) is 2.55. The van der Waals surface area contributed by atoms with Crippen LogP contribution in [-0.4, -0.2) is 96.7 Å². The predicted octanol–water partition coefficient (Wildman–Crippen LogP) is 22.7. The van der Waals surface area contributed by atoms with E-state index in [1.165, 1.54) is 218 Å². The summed E-state index contributed by atoms with van der Waals surface area (Å²) >= 11 is 0. The van der Waals surface area contributed by atoms with Gasteiger partial charge in [0.15, 0.2) is 12.2 Å². The number of aliphatic hydroxyl groups excluding tert-OH is 1. The third-order valence-electron chi connectivity index (χ3n) is 18.0. The number of ether oxygens (including phenoxy) is 4. The van der Waals surface area contributed by atoms with Crippen LogP contribution in [0.15, 0.2) is 0 Å². The molecule has 0 heterocycles. The Labute approximate surface area is 588 Å². The second-order valence-electron chi connectivity index (χ2n) is 28.7. The Morgan fingerprint density at radius 1 is 0.281 bits per heavy atom. The Kier molecular flexibility index (Phi) is 67.4. The van der Waals surface area contributed by atoms with E-state index >= 15 is 0 Å². The van der Waals surface area contributed by atoms with Gasteiger partial charge in [0.1, 0.15) is 19.3 Å². The van der Waals surface area contributed by atoms with E-state index in [9.17, 15) is 43.2 Å². The average molecular weight is 1410 g/mol. The molecule has 0 aromatic rings. The molecule has 0 saturated carbocycles. The SMILES string of the molecule is CCCCCCCCCCCCCC(=O)O[C@H](COC(=O)CCCCCCCCCCCC)COP(=O)(O)OC[C@H](O)COP(=O)(O)OC[C@@H](COC(=O)CCCCCCCCCCCCCCCC(C)C)OC(=O)CCCCCCCCCCCCCCCCCCC(C)C. The van der Waals surface area contributed by atoms with E-state index < -0.39 is 97.5 Å². The number of unbranched alkanes of at least 4 members (excludes halogenated alkanes) is 46. The van der Waals surface area contributed by atoms with Crippen molar-refractivity contribution >= 4 is 39.5 Å². The maximum atomic E-state index is 13.1. The molecule has 19 heteroatoms. The summed E-state index contributed by atoms with van der Waals surface area (Å²) in [5.74, 6) is -0.513. The first kappa shape index (κ1) is 94.1. The molecule has 17 nitrogen and oxygen atoms in total. The van der Waals surface area contributed by atoms with Crippen LogP contribution in [0.3, 0.4) is 0 Å². The van der Waals surface area contributed by atoms with Gasteiger partial charge in [-0.15, -0.1) is 0 Å². The highest BCUT2D eigenvalue weighted by Gasteiger charge is 2.30. The highest BCUT2D eigenvalue weighted by molar-refractivity contribution is 7.47. The molecule has 0 aliphatic carbocycles. The third kappa shape index (κ3) is 70.5. The number of esters is 4. The molecule has 96 heavy (non-hydrogen) atoms. The van der Waals surface area contributed by atoms with Crippen molar-refractivity contribution in [3.63, 3.8) is 0 Å². The van der Waals surface area contributed by atoms with Gasteiger partial charge in [-0.25, -0.2) is 9.13 Å². The van der Waals surface area contributed by atoms with Crippen LogP contribution in [0.5, 0.6) is 0 Å². The molecule has 0 aliphatic heterocycles. The number of carbonyl (C=O) groups is 4. The van der Waals surface area contributed by atoms with Gasteiger partial charge in [0.05, 0.1) is 26.4 Å². The van der Waals surface area contributed by atoms with E-state index in [2.05, 4.69) is 41.5 Å². The van der Waals surface area contributed by atoms with E-state index in [0.29, 0.717) is 25.7 Å². The molecule has 0 rings (SSSR count). The van der Waals surface area contributed by atoms with E-state index in [-0.39, 0.29) is 25.7 Å². The van der Waals surface area contributed by atoms with Gasteiger partial charge >= 0.3 is 39.5 Å². The molecule has 0 aliphatic rings. The maximum absolute atomic E-state index is 13.1. The second kappa shape index (κ2) is 68.8. The maximum Gasteiger partial charge on any atom is 0.472 e. The zero-order chi connectivity index (χ0) is 70.7. The molecular formula is C77H150O17P2. The quantitative estimate of drug-likeness (QED) is 0.0222. The van der Waals surface area contributed by atoms with E-state index in [1.807, 2.05) is 0 Å². The summed E-state index contributed by atoms with van der Waals surface area (Å²) in [6, 6.07) is 0. The van der Waals surface area contributed by atoms with E-state index in [0.717, 1.165) is 102 Å². The summed E-state index contributed by atoms with van der Waals surface area (Å²) in [6.07, 6.45) is 56.8. The second-order valence-corrected chi connectivity index (χ2v) is 31.6. The van der Waals surface area contributed by atoms with Crippen LogP contribution in [0, 0.1) is 11.8 Å². The van der Waals surface area contributed by atoms with Crippen LogP contribution < -0.4 is 0 Å². The molecule has 0 aromatic heterocycles.